The zero-order valence-electron chi connectivity index (χ0n) is 11.7. The second kappa shape index (κ2) is 6.89. The number of nitrogens with one attached hydrogen (secondary N) is 1. The van der Waals surface area contributed by atoms with Crippen molar-refractivity contribution < 1.29 is 0 Å². The maximum Gasteiger partial charge on any atom is 0.0312 e. The molecule has 0 aliphatic heterocycles. The molecule has 0 amide bonds. The molecule has 1 fully saturated rings. The van der Waals surface area contributed by atoms with Crippen molar-refractivity contribution in [3.05, 3.63) is 30.1 Å². The third-order valence-corrected chi connectivity index (χ3v) is 3.91. The Labute approximate surface area is 111 Å². The highest BCUT2D eigenvalue weighted by molar-refractivity contribution is 5.08. The van der Waals surface area contributed by atoms with Gasteiger partial charge in [0.25, 0.3) is 0 Å². The lowest BCUT2D eigenvalue weighted by molar-refractivity contribution is 0.252. The SMILES string of the molecule is CC(C)CC1CCCC(NCc2cccnc2)C1. The number of aromatic nitrogens is 1. The van der Waals surface area contributed by atoms with Crippen molar-refractivity contribution in [1.82, 2.24) is 10.3 Å². The van der Waals surface area contributed by atoms with Gasteiger partial charge >= 0.3 is 0 Å². The van der Waals surface area contributed by atoms with Crippen LogP contribution in [0.4, 0.5) is 0 Å². The Kier molecular flexibility index (Phi) is 5.18. The number of hydrogen-bond acceptors (Lipinski definition) is 2. The fourth-order valence-corrected chi connectivity index (χ4v) is 3.12. The van der Waals surface area contributed by atoms with Gasteiger partial charge in [-0.15, -0.1) is 0 Å². The molecule has 18 heavy (non-hydrogen) atoms. The van der Waals surface area contributed by atoms with Crippen molar-refractivity contribution in [2.75, 3.05) is 0 Å². The molecule has 0 spiro atoms. The van der Waals surface area contributed by atoms with Crippen molar-refractivity contribution in [3.63, 3.8) is 0 Å². The predicted molar refractivity (Wildman–Crippen MR) is 76.3 cm³/mol. The predicted octanol–water partition coefficient (Wildman–Crippen LogP) is 3.78. The molecule has 2 heteroatoms. The van der Waals surface area contributed by atoms with Gasteiger partial charge in [0.2, 0.25) is 0 Å². The quantitative estimate of drug-likeness (QED) is 0.855. The monoisotopic (exact) mass is 246 g/mol. The van der Waals surface area contributed by atoms with E-state index in [-0.39, 0.29) is 0 Å². The molecule has 1 aliphatic carbocycles. The first-order valence-corrected chi connectivity index (χ1v) is 7.36. The molecule has 0 saturated heterocycles. The summed E-state index contributed by atoms with van der Waals surface area (Å²) in [6.07, 6.45) is 10.7. The van der Waals surface area contributed by atoms with Crippen molar-refractivity contribution in [1.29, 1.82) is 0 Å². The normalized spacial score (nSPS) is 24.4. The minimum Gasteiger partial charge on any atom is -0.310 e. The van der Waals surface area contributed by atoms with Crippen LogP contribution >= 0.6 is 0 Å². The standard InChI is InChI=1S/C16H26N2/c1-13(2)9-14-5-3-7-16(10-14)18-12-15-6-4-8-17-11-15/h4,6,8,11,13-14,16,18H,3,5,7,9-10,12H2,1-2H3. The van der Waals surface area contributed by atoms with E-state index in [9.17, 15) is 0 Å². The lowest BCUT2D eigenvalue weighted by atomic mass is 9.81. The molecule has 1 aliphatic rings. The van der Waals surface area contributed by atoms with Crippen LogP contribution in [0.5, 0.6) is 0 Å². The van der Waals surface area contributed by atoms with Gasteiger partial charge in [-0.25, -0.2) is 0 Å². The molecule has 0 radical (unpaired) electrons. The van der Waals surface area contributed by atoms with Crippen LogP contribution < -0.4 is 5.32 Å². The van der Waals surface area contributed by atoms with Crippen molar-refractivity contribution in [3.8, 4) is 0 Å². The number of pyridine rings is 1. The molecule has 1 saturated carbocycles. The third kappa shape index (κ3) is 4.41. The van der Waals surface area contributed by atoms with Gasteiger partial charge in [0.05, 0.1) is 0 Å². The molecule has 1 N–H and O–H groups in total. The molecular formula is C16H26N2. The zero-order chi connectivity index (χ0) is 12.8. The van der Waals surface area contributed by atoms with Gasteiger partial charge in [-0.1, -0.05) is 32.8 Å². The van der Waals surface area contributed by atoms with Gasteiger partial charge in [-0.3, -0.25) is 4.98 Å². The van der Waals surface area contributed by atoms with E-state index in [2.05, 4.69) is 30.2 Å². The first-order chi connectivity index (χ1) is 8.74. The average Bonchev–Trinajstić information content (AvgIpc) is 2.37. The van der Waals surface area contributed by atoms with Crippen molar-refractivity contribution in [2.45, 2.75) is 58.5 Å². The van der Waals surface area contributed by atoms with E-state index in [4.69, 9.17) is 0 Å². The summed E-state index contributed by atoms with van der Waals surface area (Å²) >= 11 is 0. The minimum absolute atomic E-state index is 0.711. The van der Waals surface area contributed by atoms with Gasteiger partial charge in [-0.2, -0.15) is 0 Å². The van der Waals surface area contributed by atoms with Crippen LogP contribution in [0.2, 0.25) is 0 Å². The Balaban J connectivity index is 1.76. The highest BCUT2D eigenvalue weighted by atomic mass is 14.9. The van der Waals surface area contributed by atoms with E-state index in [1.54, 1.807) is 0 Å². The van der Waals surface area contributed by atoms with Crippen molar-refractivity contribution >= 4 is 0 Å². The Morgan fingerprint density at radius 1 is 1.39 bits per heavy atom. The van der Waals surface area contributed by atoms with Crippen LogP contribution in [-0.4, -0.2) is 11.0 Å². The highest BCUT2D eigenvalue weighted by Gasteiger charge is 2.22. The topological polar surface area (TPSA) is 24.9 Å². The summed E-state index contributed by atoms with van der Waals surface area (Å²) in [4.78, 5) is 4.16. The summed E-state index contributed by atoms with van der Waals surface area (Å²) in [5, 5.41) is 3.70. The zero-order valence-corrected chi connectivity index (χ0v) is 11.7. The molecule has 2 atom stereocenters. The van der Waals surface area contributed by atoms with E-state index in [1.807, 2.05) is 18.5 Å². The molecular weight excluding hydrogens is 220 g/mol. The van der Waals surface area contributed by atoms with Gasteiger partial charge in [-0.05, 0) is 42.7 Å². The Bertz CT molecular complexity index is 334. The molecule has 0 bridgehead atoms. The minimum atomic E-state index is 0.711. The van der Waals surface area contributed by atoms with Gasteiger partial charge < -0.3 is 5.32 Å². The smallest absolute Gasteiger partial charge is 0.0312 e. The molecule has 1 aromatic heterocycles. The van der Waals surface area contributed by atoms with E-state index in [0.717, 1.165) is 18.4 Å². The molecule has 2 nitrogen and oxygen atoms in total. The van der Waals surface area contributed by atoms with Crippen LogP contribution in [0, 0.1) is 11.8 Å². The maximum absolute atomic E-state index is 4.16. The second-order valence-corrected chi connectivity index (χ2v) is 6.10. The fraction of sp³-hybridized carbons (Fsp3) is 0.688. The summed E-state index contributed by atoms with van der Waals surface area (Å²) in [6, 6.07) is 4.87. The largest absolute Gasteiger partial charge is 0.310 e. The van der Waals surface area contributed by atoms with Gasteiger partial charge in [0.1, 0.15) is 0 Å². The summed E-state index contributed by atoms with van der Waals surface area (Å²) in [7, 11) is 0. The van der Waals surface area contributed by atoms with Gasteiger partial charge in [0.15, 0.2) is 0 Å². The summed E-state index contributed by atoms with van der Waals surface area (Å²) < 4.78 is 0. The molecule has 0 aromatic carbocycles. The number of rotatable bonds is 5. The third-order valence-electron chi connectivity index (χ3n) is 3.91. The second-order valence-electron chi connectivity index (χ2n) is 6.10. The Hall–Kier alpha value is -0.890. The van der Waals surface area contributed by atoms with Crippen molar-refractivity contribution in [2.24, 2.45) is 11.8 Å². The van der Waals surface area contributed by atoms with Crippen LogP contribution in [-0.2, 0) is 6.54 Å². The van der Waals surface area contributed by atoms with Crippen LogP contribution in [0.3, 0.4) is 0 Å². The first-order valence-electron chi connectivity index (χ1n) is 7.36. The maximum atomic E-state index is 4.16. The summed E-state index contributed by atoms with van der Waals surface area (Å²) in [5.41, 5.74) is 1.29. The average molecular weight is 246 g/mol. The lowest BCUT2D eigenvalue weighted by Crippen LogP contribution is -2.34. The van der Waals surface area contributed by atoms with E-state index in [0.29, 0.717) is 6.04 Å². The van der Waals surface area contributed by atoms with E-state index < -0.39 is 0 Å². The highest BCUT2D eigenvalue weighted by Crippen LogP contribution is 2.29. The molecule has 2 rings (SSSR count). The van der Waals surface area contributed by atoms with Gasteiger partial charge in [0, 0.05) is 25.0 Å². The number of hydrogen-bond donors (Lipinski definition) is 1. The van der Waals surface area contributed by atoms with Crippen LogP contribution in [0.1, 0.15) is 51.5 Å². The van der Waals surface area contributed by atoms with E-state index >= 15 is 0 Å². The Morgan fingerprint density at radius 3 is 3.00 bits per heavy atom. The molecule has 1 aromatic rings. The molecule has 100 valence electrons. The lowest BCUT2D eigenvalue weighted by Gasteiger charge is -2.31. The summed E-state index contributed by atoms with van der Waals surface area (Å²) in [5.74, 6) is 1.78. The molecule has 2 unspecified atom stereocenters. The summed E-state index contributed by atoms with van der Waals surface area (Å²) in [6.45, 7) is 5.65. The van der Waals surface area contributed by atoms with E-state index in [1.165, 1.54) is 37.7 Å². The fourth-order valence-electron chi connectivity index (χ4n) is 3.12. The number of nitrogens with zero attached hydrogens (tertiary/aromatic N) is 1. The first kappa shape index (κ1) is 13.5. The molecule has 1 heterocycles. The van der Waals surface area contributed by atoms with Crippen LogP contribution in [0.15, 0.2) is 24.5 Å². The Morgan fingerprint density at radius 2 is 2.28 bits per heavy atom. The van der Waals surface area contributed by atoms with Crippen LogP contribution in [0.25, 0.3) is 0 Å².